The number of methoxy groups -OCH3 is 1. The second kappa shape index (κ2) is 9.14. The molecule has 0 saturated heterocycles. The molecule has 0 aliphatic heterocycles. The van der Waals surface area contributed by atoms with Crippen LogP contribution >= 0.6 is 11.3 Å². The molecule has 4 rings (SSSR count). The van der Waals surface area contributed by atoms with Crippen LogP contribution in [0.1, 0.15) is 40.7 Å². The van der Waals surface area contributed by atoms with E-state index in [1.54, 1.807) is 18.4 Å². The van der Waals surface area contributed by atoms with E-state index in [2.05, 4.69) is 26.2 Å². The van der Waals surface area contributed by atoms with Crippen molar-refractivity contribution < 1.29 is 14.4 Å². The highest BCUT2D eigenvalue weighted by atomic mass is 32.1. The van der Waals surface area contributed by atoms with Crippen molar-refractivity contribution in [2.24, 2.45) is 0 Å². The summed E-state index contributed by atoms with van der Waals surface area (Å²) in [6.45, 7) is 1.66. The van der Waals surface area contributed by atoms with Gasteiger partial charge in [-0.05, 0) is 61.1 Å². The number of nitrogens with one attached hydrogen (secondary N) is 1. The molecule has 1 amide bonds. The van der Waals surface area contributed by atoms with E-state index < -0.39 is 0 Å². The van der Waals surface area contributed by atoms with Crippen molar-refractivity contribution in [2.45, 2.75) is 32.1 Å². The van der Waals surface area contributed by atoms with E-state index in [4.69, 9.17) is 9.72 Å². The van der Waals surface area contributed by atoms with Gasteiger partial charge in [0.1, 0.15) is 11.3 Å². The van der Waals surface area contributed by atoms with Gasteiger partial charge in [-0.3, -0.25) is 9.69 Å². The first-order valence-corrected chi connectivity index (χ1v) is 11.5. The molecular weight excluding hydrogens is 394 g/mol. The lowest BCUT2D eigenvalue weighted by molar-refractivity contribution is -0.858. The molecule has 0 atom stereocenters. The maximum atomic E-state index is 13.6. The highest BCUT2D eigenvalue weighted by Gasteiger charge is 2.23. The predicted molar refractivity (Wildman–Crippen MR) is 123 cm³/mol. The number of thiazole rings is 1. The van der Waals surface area contributed by atoms with Crippen molar-refractivity contribution in [1.29, 1.82) is 0 Å². The molecule has 1 aliphatic carbocycles. The van der Waals surface area contributed by atoms with Crippen LogP contribution in [-0.4, -0.2) is 45.2 Å². The fraction of sp³-hybridized carbons (Fsp3) is 0.417. The van der Waals surface area contributed by atoms with Gasteiger partial charge in [0.15, 0.2) is 5.13 Å². The van der Waals surface area contributed by atoms with Gasteiger partial charge >= 0.3 is 0 Å². The average Bonchev–Trinajstić information content (AvgIpc) is 3.19. The van der Waals surface area contributed by atoms with Crippen LogP contribution in [0.4, 0.5) is 5.13 Å². The van der Waals surface area contributed by atoms with E-state index in [1.165, 1.54) is 28.9 Å². The van der Waals surface area contributed by atoms with Gasteiger partial charge in [-0.1, -0.05) is 23.5 Å². The Morgan fingerprint density at radius 3 is 2.73 bits per heavy atom. The molecule has 0 bridgehead atoms. The zero-order chi connectivity index (χ0) is 21.1. The summed E-state index contributed by atoms with van der Waals surface area (Å²) in [6, 6.07) is 12.2. The summed E-state index contributed by atoms with van der Waals surface area (Å²) in [7, 11) is 5.93. The number of ether oxygens (including phenoxy) is 1. The van der Waals surface area contributed by atoms with Gasteiger partial charge in [0.05, 0.1) is 32.4 Å². The Hall–Kier alpha value is -2.44. The van der Waals surface area contributed by atoms with Gasteiger partial charge in [-0.25, -0.2) is 4.98 Å². The van der Waals surface area contributed by atoms with E-state index >= 15 is 0 Å². The molecule has 3 aromatic rings. The smallest absolute Gasteiger partial charge is 0.260 e. The average molecular weight is 425 g/mol. The molecular formula is C24H30N3O2S+. The first-order chi connectivity index (χ1) is 14.6. The molecule has 1 aromatic heterocycles. The number of hydrogen-bond acceptors (Lipinski definition) is 4. The Labute approximate surface area is 182 Å². The third-order valence-corrected chi connectivity index (χ3v) is 6.76. The summed E-state index contributed by atoms with van der Waals surface area (Å²) in [5, 5.41) is 0.742. The number of fused-ring (bicyclic) bond motifs is 2. The molecule has 0 radical (unpaired) electrons. The maximum absolute atomic E-state index is 13.6. The van der Waals surface area contributed by atoms with Gasteiger partial charge < -0.3 is 9.64 Å². The van der Waals surface area contributed by atoms with Crippen molar-refractivity contribution in [1.82, 2.24) is 4.98 Å². The van der Waals surface area contributed by atoms with Crippen LogP contribution in [0.5, 0.6) is 5.75 Å². The third kappa shape index (κ3) is 4.35. The SMILES string of the molecule is COc1cccc2sc(N(CCC[NH+](C)C)C(=O)c3ccc4c(c3)CCCC4)nc12. The van der Waals surface area contributed by atoms with Gasteiger partial charge in [-0.2, -0.15) is 0 Å². The van der Waals surface area contributed by atoms with E-state index in [-0.39, 0.29) is 5.91 Å². The number of benzene rings is 2. The largest absolute Gasteiger partial charge is 0.494 e. The molecule has 0 saturated carbocycles. The zero-order valence-corrected chi connectivity index (χ0v) is 18.8. The Morgan fingerprint density at radius 2 is 1.97 bits per heavy atom. The maximum Gasteiger partial charge on any atom is 0.260 e. The molecule has 1 N–H and O–H groups in total. The van der Waals surface area contributed by atoms with Crippen LogP contribution in [-0.2, 0) is 12.8 Å². The number of para-hydroxylation sites is 1. The quantitative estimate of drug-likeness (QED) is 0.633. The topological polar surface area (TPSA) is 46.9 Å². The number of hydrogen-bond donors (Lipinski definition) is 1. The van der Waals surface area contributed by atoms with Gasteiger partial charge in [0.2, 0.25) is 0 Å². The second-order valence-electron chi connectivity index (χ2n) is 8.26. The Balaban J connectivity index is 1.68. The van der Waals surface area contributed by atoms with Crippen molar-refractivity contribution in [2.75, 3.05) is 39.2 Å². The van der Waals surface area contributed by atoms with Crippen molar-refractivity contribution >= 4 is 32.6 Å². The zero-order valence-electron chi connectivity index (χ0n) is 18.0. The molecule has 158 valence electrons. The van der Waals surface area contributed by atoms with Crippen LogP contribution in [0.15, 0.2) is 36.4 Å². The summed E-state index contributed by atoms with van der Waals surface area (Å²) in [5.74, 6) is 0.782. The number of quaternary nitrogens is 1. The number of aromatic nitrogens is 1. The van der Waals surface area contributed by atoms with E-state index in [9.17, 15) is 4.79 Å². The van der Waals surface area contributed by atoms with Crippen LogP contribution in [0.25, 0.3) is 10.2 Å². The van der Waals surface area contributed by atoms with E-state index in [0.29, 0.717) is 6.54 Å². The first-order valence-electron chi connectivity index (χ1n) is 10.7. The minimum absolute atomic E-state index is 0.0372. The molecule has 5 nitrogen and oxygen atoms in total. The van der Waals surface area contributed by atoms with Crippen molar-refractivity contribution in [3.05, 3.63) is 53.1 Å². The number of aryl methyl sites for hydroxylation is 2. The van der Waals surface area contributed by atoms with Crippen molar-refractivity contribution in [3.63, 3.8) is 0 Å². The number of amides is 1. The Bertz CT molecular complexity index is 1040. The Morgan fingerprint density at radius 1 is 1.17 bits per heavy atom. The normalized spacial score (nSPS) is 13.5. The third-order valence-electron chi connectivity index (χ3n) is 5.72. The van der Waals surface area contributed by atoms with E-state index in [1.807, 2.05) is 29.2 Å². The number of nitrogens with zero attached hydrogens (tertiary/aromatic N) is 2. The molecule has 0 unspecified atom stereocenters. The predicted octanol–water partition coefficient (Wildman–Crippen LogP) is 3.37. The lowest BCUT2D eigenvalue weighted by atomic mass is 9.90. The van der Waals surface area contributed by atoms with Crippen LogP contribution < -0.4 is 14.5 Å². The second-order valence-corrected chi connectivity index (χ2v) is 9.27. The Kier molecular flexibility index (Phi) is 6.35. The molecule has 2 aromatic carbocycles. The van der Waals surface area contributed by atoms with Crippen LogP contribution in [0, 0.1) is 0 Å². The molecule has 30 heavy (non-hydrogen) atoms. The summed E-state index contributed by atoms with van der Waals surface area (Å²) >= 11 is 1.55. The van der Waals surface area contributed by atoms with Gasteiger partial charge in [0.25, 0.3) is 5.91 Å². The highest BCUT2D eigenvalue weighted by Crippen LogP contribution is 2.35. The van der Waals surface area contributed by atoms with Crippen molar-refractivity contribution in [3.8, 4) is 5.75 Å². The summed E-state index contributed by atoms with van der Waals surface area (Å²) in [5.41, 5.74) is 4.31. The molecule has 0 spiro atoms. The van der Waals surface area contributed by atoms with Gasteiger partial charge in [0, 0.05) is 18.5 Å². The fourth-order valence-electron chi connectivity index (χ4n) is 4.09. The van der Waals surface area contributed by atoms with E-state index in [0.717, 1.165) is 52.5 Å². The van der Waals surface area contributed by atoms with Crippen LogP contribution in [0.2, 0.25) is 0 Å². The standard InChI is InChI=1S/C24H29N3O2S/c1-26(2)14-7-15-27(24-25-22-20(29-3)10-6-11-21(22)30-24)23(28)19-13-12-17-8-4-5-9-18(17)16-19/h6,10-13,16H,4-5,7-9,14-15H2,1-3H3/p+1. The lowest BCUT2D eigenvalue weighted by Gasteiger charge is -2.22. The minimum Gasteiger partial charge on any atom is -0.494 e. The lowest BCUT2D eigenvalue weighted by Crippen LogP contribution is -3.05. The monoisotopic (exact) mass is 424 g/mol. The van der Waals surface area contributed by atoms with Gasteiger partial charge in [-0.15, -0.1) is 0 Å². The van der Waals surface area contributed by atoms with Crippen LogP contribution in [0.3, 0.4) is 0 Å². The number of carbonyl (C=O) groups is 1. The molecule has 1 heterocycles. The summed E-state index contributed by atoms with van der Waals surface area (Å²) in [6.07, 6.45) is 5.56. The number of rotatable bonds is 7. The highest BCUT2D eigenvalue weighted by molar-refractivity contribution is 7.22. The fourth-order valence-corrected chi connectivity index (χ4v) is 5.10. The summed E-state index contributed by atoms with van der Waals surface area (Å²) in [4.78, 5) is 21.6. The molecule has 6 heteroatoms. The molecule has 0 fully saturated rings. The first kappa shape index (κ1) is 20.8. The number of anilines is 1. The number of carbonyl (C=O) groups excluding carboxylic acids is 1. The minimum atomic E-state index is 0.0372. The summed E-state index contributed by atoms with van der Waals surface area (Å²) < 4.78 is 6.51. The molecule has 1 aliphatic rings.